The average molecular weight is 632 g/mol. The maximum absolute atomic E-state index is 13.5. The second kappa shape index (κ2) is 13.7. The van der Waals surface area contributed by atoms with Crippen LogP contribution in [0.4, 0.5) is 13.2 Å². The zero-order chi connectivity index (χ0) is 33.0. The van der Waals surface area contributed by atoms with Gasteiger partial charge in [0, 0.05) is 28.7 Å². The van der Waals surface area contributed by atoms with Gasteiger partial charge in [0.25, 0.3) is 0 Å². The third kappa shape index (κ3) is 7.39. The molecular weight excluding hydrogens is 595 g/mol. The van der Waals surface area contributed by atoms with Crippen molar-refractivity contribution in [3.8, 4) is 22.6 Å². The van der Waals surface area contributed by atoms with Crippen LogP contribution < -0.4 is 10.5 Å². The first kappa shape index (κ1) is 32.7. The number of benzene rings is 4. The van der Waals surface area contributed by atoms with Gasteiger partial charge in [-0.3, -0.25) is 5.41 Å². The second-order valence-corrected chi connectivity index (χ2v) is 11.3. The molecule has 0 fully saturated rings. The van der Waals surface area contributed by atoms with Gasteiger partial charge in [-0.1, -0.05) is 43.2 Å². The number of amidine groups is 2. The van der Waals surface area contributed by atoms with Crippen LogP contribution in [0.15, 0.2) is 65.7 Å². The molecule has 0 aliphatic carbocycles. The molecular formula is C36H36F3N3O4. The van der Waals surface area contributed by atoms with Crippen LogP contribution in [0.2, 0.25) is 0 Å². The number of halogens is 3. The molecule has 0 atom stereocenters. The first-order chi connectivity index (χ1) is 22.0. The van der Waals surface area contributed by atoms with Crippen molar-refractivity contribution in [2.75, 3.05) is 19.8 Å². The smallest absolute Gasteiger partial charge is 0.393 e. The lowest BCUT2D eigenvalue weighted by atomic mass is 9.87. The fraction of sp³-hybridized carbons (Fsp3) is 0.306. The number of nitrogens with one attached hydrogen (secondary N) is 1. The molecule has 0 radical (unpaired) electrons. The van der Waals surface area contributed by atoms with Crippen LogP contribution in [0.3, 0.4) is 0 Å². The zero-order valence-corrected chi connectivity index (χ0v) is 26.0. The molecule has 46 heavy (non-hydrogen) atoms. The van der Waals surface area contributed by atoms with Gasteiger partial charge in [-0.15, -0.1) is 0 Å². The molecule has 0 aromatic heterocycles. The van der Waals surface area contributed by atoms with E-state index in [2.05, 4.69) is 11.9 Å². The number of carbonyl (C=O) groups is 1. The number of ether oxygens (including phenoxy) is 3. The minimum atomic E-state index is -4.39. The number of aliphatic imine (C=N–C) groups is 1. The maximum atomic E-state index is 13.5. The number of aryl methyl sites for hydroxylation is 2. The van der Waals surface area contributed by atoms with Crippen molar-refractivity contribution in [3.05, 3.63) is 94.0 Å². The molecule has 0 unspecified atom stereocenters. The number of hydrogen-bond acceptors (Lipinski definition) is 6. The number of alkyl halides is 3. The largest absolute Gasteiger partial charge is 0.460 e. The average Bonchev–Trinajstić information content (AvgIpc) is 3.28. The molecule has 10 heteroatoms. The van der Waals surface area contributed by atoms with Crippen LogP contribution in [0.1, 0.15) is 64.9 Å². The molecule has 4 aromatic rings. The van der Waals surface area contributed by atoms with Crippen LogP contribution in [-0.4, -0.2) is 43.6 Å². The monoisotopic (exact) mass is 631 g/mol. The number of nitrogens with two attached hydrogens (primary N) is 1. The fourth-order valence-electron chi connectivity index (χ4n) is 5.70. The quantitative estimate of drug-likeness (QED) is 0.121. The lowest BCUT2D eigenvalue weighted by Crippen LogP contribution is -2.14. The zero-order valence-electron chi connectivity index (χ0n) is 26.0. The summed E-state index contributed by atoms with van der Waals surface area (Å²) in [6.07, 6.45) is -2.78. The van der Waals surface area contributed by atoms with Crippen molar-refractivity contribution in [1.29, 1.82) is 5.41 Å². The van der Waals surface area contributed by atoms with E-state index in [1.165, 1.54) is 12.1 Å². The van der Waals surface area contributed by atoms with E-state index < -0.39 is 18.6 Å². The van der Waals surface area contributed by atoms with Gasteiger partial charge in [-0.25, -0.2) is 9.79 Å². The number of nitrogens with zero attached hydrogens (tertiary/aromatic N) is 1. The summed E-state index contributed by atoms with van der Waals surface area (Å²) in [5.41, 5.74) is 10.6. The number of rotatable bonds is 12. The molecule has 4 aromatic carbocycles. The summed E-state index contributed by atoms with van der Waals surface area (Å²) in [4.78, 5) is 16.7. The summed E-state index contributed by atoms with van der Waals surface area (Å²) < 4.78 is 57.5. The normalized spacial score (nSPS) is 12.7. The van der Waals surface area contributed by atoms with Gasteiger partial charge in [0.1, 0.15) is 23.9 Å². The molecule has 240 valence electrons. The van der Waals surface area contributed by atoms with Crippen LogP contribution >= 0.6 is 0 Å². The van der Waals surface area contributed by atoms with Crippen LogP contribution in [-0.2, 0) is 22.3 Å². The van der Waals surface area contributed by atoms with E-state index in [0.29, 0.717) is 63.5 Å². The first-order valence-electron chi connectivity index (χ1n) is 15.2. The third-order valence-electron chi connectivity index (χ3n) is 7.64. The van der Waals surface area contributed by atoms with E-state index in [1.54, 1.807) is 31.2 Å². The minimum absolute atomic E-state index is 0.0102. The SMILES string of the molecule is CCCCc1cc(Oc2ccc(C(=O)OCCOCC)cc2)c2c(-c3cc(C)cc(CC(F)(F)F)c3)c3c(cc2c1)C(=N)N=C3N. The van der Waals surface area contributed by atoms with Gasteiger partial charge >= 0.3 is 12.1 Å². The molecule has 0 saturated carbocycles. The Hall–Kier alpha value is -4.70. The molecule has 7 nitrogen and oxygen atoms in total. The van der Waals surface area contributed by atoms with Gasteiger partial charge in [0.05, 0.1) is 18.6 Å². The Bertz CT molecular complexity index is 1810. The van der Waals surface area contributed by atoms with Crippen molar-refractivity contribution >= 4 is 28.4 Å². The molecule has 0 saturated heterocycles. The highest BCUT2D eigenvalue weighted by Gasteiger charge is 2.30. The molecule has 0 bridgehead atoms. The van der Waals surface area contributed by atoms with E-state index in [1.807, 2.05) is 31.2 Å². The first-order valence-corrected chi connectivity index (χ1v) is 15.2. The highest BCUT2D eigenvalue weighted by Crippen LogP contribution is 2.44. The number of esters is 1. The van der Waals surface area contributed by atoms with E-state index in [-0.39, 0.29) is 23.8 Å². The third-order valence-corrected chi connectivity index (χ3v) is 7.64. The van der Waals surface area contributed by atoms with Gasteiger partial charge < -0.3 is 19.9 Å². The van der Waals surface area contributed by atoms with E-state index in [0.717, 1.165) is 30.2 Å². The lowest BCUT2D eigenvalue weighted by Gasteiger charge is -2.20. The van der Waals surface area contributed by atoms with Crippen molar-refractivity contribution in [3.63, 3.8) is 0 Å². The Morgan fingerprint density at radius 1 is 0.957 bits per heavy atom. The molecule has 0 spiro atoms. The van der Waals surface area contributed by atoms with E-state index in [9.17, 15) is 18.0 Å². The van der Waals surface area contributed by atoms with Crippen molar-refractivity contribution in [2.45, 2.75) is 52.6 Å². The second-order valence-electron chi connectivity index (χ2n) is 11.3. The van der Waals surface area contributed by atoms with Crippen molar-refractivity contribution in [1.82, 2.24) is 0 Å². The van der Waals surface area contributed by atoms with E-state index >= 15 is 0 Å². The summed E-state index contributed by atoms with van der Waals surface area (Å²) in [7, 11) is 0. The predicted molar refractivity (Wildman–Crippen MR) is 173 cm³/mol. The Labute approximate surface area is 265 Å². The fourth-order valence-corrected chi connectivity index (χ4v) is 5.70. The summed E-state index contributed by atoms with van der Waals surface area (Å²) in [6.45, 7) is 6.69. The number of fused-ring (bicyclic) bond motifs is 2. The van der Waals surface area contributed by atoms with Crippen molar-refractivity contribution in [2.24, 2.45) is 10.7 Å². The molecule has 1 heterocycles. The van der Waals surface area contributed by atoms with E-state index in [4.69, 9.17) is 25.4 Å². The van der Waals surface area contributed by atoms with Crippen LogP contribution in [0.5, 0.6) is 11.5 Å². The molecule has 3 N–H and O–H groups in total. The van der Waals surface area contributed by atoms with Gasteiger partial charge in [-0.05, 0) is 85.2 Å². The standard InChI is InChI=1S/C36H36F3N3O4/c1-4-6-7-22-16-26-19-28-32(34(41)42-33(28)40)31(25-15-21(3)14-23(17-25)20-36(37,38)39)30(26)29(18-22)46-27-10-8-24(9-11-27)35(43)45-13-12-44-5-2/h8-11,14-19H,4-7,12-13,20H2,1-3H3,(H3,40,41,42). The van der Waals surface area contributed by atoms with Crippen LogP contribution in [0.25, 0.3) is 21.9 Å². The molecule has 0 amide bonds. The summed E-state index contributed by atoms with van der Waals surface area (Å²) in [5.74, 6) is 0.539. The number of unbranched alkanes of at least 4 members (excludes halogenated alkanes) is 1. The number of carbonyl (C=O) groups excluding carboxylic acids is 1. The highest BCUT2D eigenvalue weighted by molar-refractivity contribution is 6.27. The topological polar surface area (TPSA) is 107 Å². The Morgan fingerprint density at radius 3 is 2.41 bits per heavy atom. The summed E-state index contributed by atoms with van der Waals surface area (Å²) in [6, 6.07) is 17.2. The number of hydrogen-bond donors (Lipinski definition) is 2. The summed E-state index contributed by atoms with van der Waals surface area (Å²) >= 11 is 0. The lowest BCUT2D eigenvalue weighted by molar-refractivity contribution is -0.127. The minimum Gasteiger partial charge on any atom is -0.460 e. The van der Waals surface area contributed by atoms with Gasteiger partial charge in [0.15, 0.2) is 5.84 Å². The maximum Gasteiger partial charge on any atom is 0.393 e. The summed E-state index contributed by atoms with van der Waals surface area (Å²) in [5, 5.41) is 9.91. The van der Waals surface area contributed by atoms with Gasteiger partial charge in [-0.2, -0.15) is 13.2 Å². The Balaban J connectivity index is 1.66. The highest BCUT2D eigenvalue weighted by atomic mass is 19.4. The van der Waals surface area contributed by atoms with Gasteiger partial charge in [0.2, 0.25) is 0 Å². The predicted octanol–water partition coefficient (Wildman–Crippen LogP) is 8.29. The Morgan fingerprint density at radius 2 is 1.72 bits per heavy atom. The van der Waals surface area contributed by atoms with Crippen LogP contribution in [0, 0.1) is 12.3 Å². The molecule has 1 aliphatic heterocycles. The molecule has 1 aliphatic rings. The van der Waals surface area contributed by atoms with Crippen molar-refractivity contribution < 1.29 is 32.2 Å². The molecule has 5 rings (SSSR count). The Kier molecular flexibility index (Phi) is 9.76.